The number of aromatic amines is 1. The van der Waals surface area contributed by atoms with Crippen LogP contribution in [0, 0.1) is 5.92 Å². The van der Waals surface area contributed by atoms with E-state index in [0.717, 1.165) is 75.4 Å². The van der Waals surface area contributed by atoms with Crippen LogP contribution in [0.25, 0.3) is 11.3 Å². The number of amides is 1. The molecule has 3 heterocycles. The predicted octanol–water partition coefficient (Wildman–Crippen LogP) is 3.37. The highest BCUT2D eigenvalue weighted by Crippen LogP contribution is 2.27. The average Bonchev–Trinajstić information content (AvgIpc) is 3.49. The summed E-state index contributed by atoms with van der Waals surface area (Å²) in [5.41, 5.74) is 3.42. The zero-order valence-corrected chi connectivity index (χ0v) is 18.4. The van der Waals surface area contributed by atoms with Crippen molar-refractivity contribution < 1.29 is 14.3 Å². The quantitative estimate of drug-likeness (QED) is 0.643. The Bertz CT molecular complexity index is 822. The first-order chi connectivity index (χ1) is 15.2. The lowest BCUT2D eigenvalue weighted by atomic mass is 9.91. The van der Waals surface area contributed by atoms with Gasteiger partial charge in [-0.15, -0.1) is 0 Å². The average molecular weight is 427 g/mol. The van der Waals surface area contributed by atoms with Crippen molar-refractivity contribution in [1.82, 2.24) is 20.4 Å². The van der Waals surface area contributed by atoms with E-state index in [4.69, 9.17) is 9.47 Å². The van der Waals surface area contributed by atoms with Gasteiger partial charge < -0.3 is 14.8 Å². The second kappa shape index (κ2) is 10.8. The van der Waals surface area contributed by atoms with E-state index in [0.29, 0.717) is 18.9 Å². The van der Waals surface area contributed by atoms with E-state index in [2.05, 4.69) is 32.5 Å². The van der Waals surface area contributed by atoms with Gasteiger partial charge >= 0.3 is 0 Å². The summed E-state index contributed by atoms with van der Waals surface area (Å²) >= 11 is 0. The van der Waals surface area contributed by atoms with E-state index >= 15 is 0 Å². The molecule has 2 N–H and O–H groups in total. The van der Waals surface area contributed by atoms with Crippen LogP contribution < -0.4 is 10.1 Å². The summed E-state index contributed by atoms with van der Waals surface area (Å²) in [7, 11) is 1.68. The molecule has 2 saturated heterocycles. The predicted molar refractivity (Wildman–Crippen MR) is 120 cm³/mol. The molecule has 7 heteroatoms. The van der Waals surface area contributed by atoms with E-state index in [1.807, 2.05) is 18.3 Å². The smallest absolute Gasteiger partial charge is 0.220 e. The van der Waals surface area contributed by atoms with Crippen molar-refractivity contribution in [3.05, 3.63) is 36.0 Å². The molecule has 0 radical (unpaired) electrons. The summed E-state index contributed by atoms with van der Waals surface area (Å²) in [5, 5.41) is 10.5. The van der Waals surface area contributed by atoms with Crippen LogP contribution in [0.3, 0.4) is 0 Å². The zero-order valence-electron chi connectivity index (χ0n) is 18.4. The van der Waals surface area contributed by atoms with Gasteiger partial charge in [0.15, 0.2) is 0 Å². The molecule has 0 bridgehead atoms. The fourth-order valence-corrected chi connectivity index (χ4v) is 4.57. The summed E-state index contributed by atoms with van der Waals surface area (Å²) in [4.78, 5) is 14.6. The third-order valence-electron chi connectivity index (χ3n) is 6.53. The molecule has 0 unspecified atom stereocenters. The molecule has 2 aromatic rings. The van der Waals surface area contributed by atoms with Crippen LogP contribution in [0.4, 0.5) is 0 Å². The molecule has 1 aromatic carbocycles. The number of carbonyl (C=O) groups is 1. The van der Waals surface area contributed by atoms with Gasteiger partial charge in [0, 0.05) is 37.2 Å². The molecule has 4 rings (SSSR count). The normalized spacial score (nSPS) is 20.1. The maximum Gasteiger partial charge on any atom is 0.220 e. The van der Waals surface area contributed by atoms with E-state index in [9.17, 15) is 4.79 Å². The molecular formula is C24H34N4O3. The van der Waals surface area contributed by atoms with Crippen LogP contribution >= 0.6 is 0 Å². The van der Waals surface area contributed by atoms with Gasteiger partial charge in [-0.1, -0.05) is 0 Å². The number of carbonyl (C=O) groups excluding carboxylic acids is 1. The SMILES string of the molecule is COc1ccc(-c2[nH]ncc2CN2CCC(CCC(=O)NC[C@H]3CCCO3)CC2)cc1. The van der Waals surface area contributed by atoms with Crippen molar-refractivity contribution in [2.75, 3.05) is 33.4 Å². The van der Waals surface area contributed by atoms with Crippen molar-refractivity contribution in [1.29, 1.82) is 0 Å². The molecule has 1 atom stereocenters. The lowest BCUT2D eigenvalue weighted by Crippen LogP contribution is -2.34. The monoisotopic (exact) mass is 426 g/mol. The Balaban J connectivity index is 1.19. The van der Waals surface area contributed by atoms with Crippen molar-refractivity contribution in [2.45, 2.75) is 51.2 Å². The number of nitrogens with one attached hydrogen (secondary N) is 2. The van der Waals surface area contributed by atoms with E-state index < -0.39 is 0 Å². The maximum absolute atomic E-state index is 12.1. The minimum absolute atomic E-state index is 0.167. The zero-order chi connectivity index (χ0) is 21.5. The molecule has 1 amide bonds. The number of rotatable bonds is 9. The van der Waals surface area contributed by atoms with E-state index in [-0.39, 0.29) is 12.0 Å². The topological polar surface area (TPSA) is 79.5 Å². The molecule has 2 aliphatic rings. The molecule has 31 heavy (non-hydrogen) atoms. The Morgan fingerprint density at radius 1 is 1.26 bits per heavy atom. The van der Waals surface area contributed by atoms with Crippen LogP contribution in [0.2, 0.25) is 0 Å². The lowest BCUT2D eigenvalue weighted by Gasteiger charge is -2.31. The number of nitrogens with zero attached hydrogens (tertiary/aromatic N) is 2. The first kappa shape index (κ1) is 21.8. The van der Waals surface area contributed by atoms with Crippen molar-refractivity contribution in [2.24, 2.45) is 5.92 Å². The Kier molecular flexibility index (Phi) is 7.59. The second-order valence-corrected chi connectivity index (χ2v) is 8.70. The highest BCUT2D eigenvalue weighted by Gasteiger charge is 2.22. The molecule has 168 valence electrons. The number of ether oxygens (including phenoxy) is 2. The summed E-state index contributed by atoms with van der Waals surface area (Å²) in [5.74, 6) is 1.66. The molecule has 1 aromatic heterocycles. The molecular weight excluding hydrogens is 392 g/mol. The molecule has 0 saturated carbocycles. The molecule has 0 spiro atoms. The third-order valence-corrected chi connectivity index (χ3v) is 6.53. The highest BCUT2D eigenvalue weighted by atomic mass is 16.5. The number of benzene rings is 1. The van der Waals surface area contributed by atoms with Gasteiger partial charge in [-0.3, -0.25) is 14.8 Å². The molecule has 0 aliphatic carbocycles. The fourth-order valence-electron chi connectivity index (χ4n) is 4.57. The maximum atomic E-state index is 12.1. The summed E-state index contributed by atoms with van der Waals surface area (Å²) in [6.45, 7) is 4.52. The minimum Gasteiger partial charge on any atom is -0.497 e. The Morgan fingerprint density at radius 2 is 2.06 bits per heavy atom. The number of hydrogen-bond donors (Lipinski definition) is 2. The molecule has 2 fully saturated rings. The summed E-state index contributed by atoms with van der Waals surface area (Å²) < 4.78 is 10.8. The number of H-pyrrole nitrogens is 1. The van der Waals surface area contributed by atoms with Crippen LogP contribution in [0.1, 0.15) is 44.1 Å². The highest BCUT2D eigenvalue weighted by molar-refractivity contribution is 5.75. The largest absolute Gasteiger partial charge is 0.497 e. The van der Waals surface area contributed by atoms with E-state index in [1.54, 1.807) is 7.11 Å². The van der Waals surface area contributed by atoms with Crippen molar-refractivity contribution in [3.63, 3.8) is 0 Å². The third kappa shape index (κ3) is 6.08. The number of methoxy groups -OCH3 is 1. The Morgan fingerprint density at radius 3 is 2.77 bits per heavy atom. The first-order valence-electron chi connectivity index (χ1n) is 11.5. The van der Waals surface area contributed by atoms with Crippen LogP contribution in [0.5, 0.6) is 5.75 Å². The second-order valence-electron chi connectivity index (χ2n) is 8.70. The van der Waals surface area contributed by atoms with Crippen LogP contribution in [-0.4, -0.2) is 60.5 Å². The van der Waals surface area contributed by atoms with Crippen LogP contribution in [-0.2, 0) is 16.1 Å². The van der Waals surface area contributed by atoms with Gasteiger partial charge in [0.1, 0.15) is 5.75 Å². The van der Waals surface area contributed by atoms with E-state index in [1.165, 1.54) is 5.56 Å². The Hall–Kier alpha value is -2.38. The van der Waals surface area contributed by atoms with Gasteiger partial charge in [-0.05, 0) is 75.4 Å². The van der Waals surface area contributed by atoms with Gasteiger partial charge in [0.2, 0.25) is 5.91 Å². The van der Waals surface area contributed by atoms with Crippen LogP contribution in [0.15, 0.2) is 30.5 Å². The van der Waals surface area contributed by atoms with Crippen molar-refractivity contribution >= 4 is 5.91 Å². The number of likely N-dealkylation sites (tertiary alicyclic amines) is 1. The number of piperidine rings is 1. The fraction of sp³-hybridized carbons (Fsp3) is 0.583. The molecule has 2 aliphatic heterocycles. The van der Waals surface area contributed by atoms with Crippen molar-refractivity contribution in [3.8, 4) is 17.0 Å². The molecule has 7 nitrogen and oxygen atoms in total. The number of hydrogen-bond acceptors (Lipinski definition) is 5. The standard InChI is InChI=1S/C24H34N4O3/c1-30-21-7-5-19(6-8-21)24-20(15-26-27-24)17-28-12-10-18(11-13-28)4-9-23(29)25-16-22-3-2-14-31-22/h5-8,15,18,22H,2-4,9-14,16-17H2,1H3,(H,25,29)(H,26,27)/t22-/m1/s1. The lowest BCUT2D eigenvalue weighted by molar-refractivity contribution is -0.122. The van der Waals surface area contributed by atoms with Gasteiger partial charge in [-0.25, -0.2) is 0 Å². The van der Waals surface area contributed by atoms with Gasteiger partial charge in [0.05, 0.1) is 25.1 Å². The summed E-state index contributed by atoms with van der Waals surface area (Å²) in [6, 6.07) is 8.07. The Labute approximate surface area is 184 Å². The minimum atomic E-state index is 0.167. The first-order valence-corrected chi connectivity index (χ1v) is 11.5. The number of aromatic nitrogens is 2. The van der Waals surface area contributed by atoms with Gasteiger partial charge in [0.25, 0.3) is 0 Å². The summed E-state index contributed by atoms with van der Waals surface area (Å²) in [6.07, 6.45) is 8.23. The van der Waals surface area contributed by atoms with Gasteiger partial charge in [-0.2, -0.15) is 5.10 Å².